The first-order valence-electron chi connectivity index (χ1n) is 2.41. The van der Waals surface area contributed by atoms with Crippen LogP contribution in [0.15, 0.2) is 0 Å². The Bertz CT molecular complexity index is 65.2. The van der Waals surface area contributed by atoms with Crippen molar-refractivity contribution in [3.05, 3.63) is 0 Å². The van der Waals surface area contributed by atoms with Crippen molar-refractivity contribution in [2.45, 2.75) is 6.42 Å². The van der Waals surface area contributed by atoms with Gasteiger partial charge in [-0.15, -0.1) is 0 Å². The van der Waals surface area contributed by atoms with Gasteiger partial charge in [0.2, 0.25) is 0 Å². The van der Waals surface area contributed by atoms with Crippen molar-refractivity contribution >= 4 is 18.6 Å². The number of methoxy groups -OCH3 is 1. The molecule has 0 aliphatic rings. The molecule has 0 atom stereocenters. The Morgan fingerprint density at radius 2 is 2.00 bits per heavy atom. The molecule has 0 fully saturated rings. The smallest absolute Gasteiger partial charge is 0.304 e. The average molecular weight is 152 g/mol. The molecule has 56 valence electrons. The number of hydrogen-bond donors (Lipinski definition) is 2. The van der Waals surface area contributed by atoms with Crippen LogP contribution < -0.4 is 0 Å². The first kappa shape index (κ1) is 11.6. The monoisotopic (exact) mass is 152 g/mol. The van der Waals surface area contributed by atoms with Crippen LogP contribution in [0.5, 0.6) is 0 Å². The number of aliphatic carboxylic acids is 1. The Labute approximate surface area is 60.4 Å². The Morgan fingerprint density at radius 1 is 1.67 bits per heavy atom. The highest BCUT2D eigenvalue weighted by molar-refractivity contribution is 7.80. The molecule has 0 rings (SSSR count). The van der Waals surface area contributed by atoms with E-state index in [1.165, 1.54) is 0 Å². The van der Waals surface area contributed by atoms with Gasteiger partial charge in [-0.1, -0.05) is 0 Å². The molecule has 0 amide bonds. The topological polar surface area (TPSA) is 46.5 Å². The molecule has 0 aliphatic carbocycles. The fraction of sp³-hybridized carbons (Fsp3) is 0.800. The Morgan fingerprint density at radius 3 is 2.00 bits per heavy atom. The highest BCUT2D eigenvalue weighted by Gasteiger charge is 1.88. The summed E-state index contributed by atoms with van der Waals surface area (Å²) in [6.07, 6.45) is 0.156. The van der Waals surface area contributed by atoms with E-state index in [9.17, 15) is 4.79 Å². The van der Waals surface area contributed by atoms with Crippen molar-refractivity contribution in [1.29, 1.82) is 0 Å². The molecule has 0 unspecified atom stereocenters. The second-order valence-electron chi connectivity index (χ2n) is 1.28. The maximum atomic E-state index is 9.55. The third-order valence-corrected chi connectivity index (χ3v) is 0.549. The normalized spacial score (nSPS) is 7.44. The number of ether oxygens (including phenoxy) is 1. The summed E-state index contributed by atoms with van der Waals surface area (Å²) in [5, 5.41) is 7.86. The van der Waals surface area contributed by atoms with Gasteiger partial charge < -0.3 is 9.84 Å². The summed E-state index contributed by atoms with van der Waals surface area (Å²) in [7, 11) is 3.25. The molecule has 0 aromatic rings. The molecule has 0 aromatic carbocycles. The second kappa shape index (κ2) is 10.7. The van der Waals surface area contributed by atoms with Gasteiger partial charge in [-0.3, -0.25) is 4.79 Å². The second-order valence-corrected chi connectivity index (χ2v) is 1.72. The Balaban J connectivity index is 0. The lowest BCUT2D eigenvalue weighted by Gasteiger charge is -1.79. The fourth-order valence-electron chi connectivity index (χ4n) is 0.0956. The molecule has 1 N–H and O–H groups in total. The van der Waals surface area contributed by atoms with Gasteiger partial charge in [0, 0.05) is 20.0 Å². The molecular weight excluding hydrogens is 140 g/mol. The summed E-state index contributed by atoms with van der Waals surface area (Å²) in [4.78, 5) is 9.55. The molecule has 3 nitrogen and oxygen atoms in total. The lowest BCUT2D eigenvalue weighted by molar-refractivity contribution is -0.136. The molecule has 0 aromatic heterocycles. The fourth-order valence-corrected chi connectivity index (χ4v) is 0.287. The molecule has 0 saturated carbocycles. The Hall–Kier alpha value is -0.220. The van der Waals surface area contributed by atoms with E-state index in [1.807, 2.05) is 0 Å². The lowest BCUT2D eigenvalue weighted by Crippen LogP contribution is -1.93. The summed E-state index contributed by atoms with van der Waals surface area (Å²) in [5.41, 5.74) is 0. The molecular formula is C5H12O3S. The van der Waals surface area contributed by atoms with E-state index in [-0.39, 0.29) is 6.42 Å². The minimum absolute atomic E-state index is 0.156. The van der Waals surface area contributed by atoms with Crippen LogP contribution in [-0.4, -0.2) is 31.0 Å². The van der Waals surface area contributed by atoms with Crippen LogP contribution in [0.2, 0.25) is 0 Å². The van der Waals surface area contributed by atoms with E-state index in [4.69, 9.17) is 5.11 Å². The van der Waals surface area contributed by atoms with E-state index in [2.05, 4.69) is 17.4 Å². The number of carboxylic acid groups (broad SMARTS) is 1. The third-order valence-electron chi connectivity index (χ3n) is 0.326. The van der Waals surface area contributed by atoms with Gasteiger partial charge in [0.15, 0.2) is 0 Å². The predicted molar refractivity (Wildman–Crippen MR) is 39.0 cm³/mol. The molecule has 0 spiro atoms. The molecule has 0 bridgehead atoms. The molecule has 4 heteroatoms. The van der Waals surface area contributed by atoms with E-state index >= 15 is 0 Å². The van der Waals surface area contributed by atoms with Crippen LogP contribution in [-0.2, 0) is 9.53 Å². The summed E-state index contributed by atoms with van der Waals surface area (Å²) < 4.78 is 4.25. The maximum Gasteiger partial charge on any atom is 0.304 e. The van der Waals surface area contributed by atoms with Gasteiger partial charge in [-0.25, -0.2) is 0 Å². The molecule has 0 aliphatic heterocycles. The summed E-state index contributed by atoms with van der Waals surface area (Å²) in [5.74, 6) is -0.361. The third kappa shape index (κ3) is 33.6. The zero-order chi connectivity index (χ0) is 7.70. The van der Waals surface area contributed by atoms with E-state index in [0.29, 0.717) is 5.75 Å². The number of hydrogen-bond acceptors (Lipinski definition) is 3. The van der Waals surface area contributed by atoms with Crippen LogP contribution in [0.4, 0.5) is 0 Å². The highest BCUT2D eigenvalue weighted by atomic mass is 32.1. The minimum atomic E-state index is -0.787. The summed E-state index contributed by atoms with van der Waals surface area (Å²) in [6, 6.07) is 0. The number of carbonyl (C=O) groups is 1. The molecule has 0 saturated heterocycles. The van der Waals surface area contributed by atoms with Gasteiger partial charge in [-0.05, 0) is 0 Å². The van der Waals surface area contributed by atoms with Crippen LogP contribution in [0, 0.1) is 0 Å². The predicted octanol–water partition coefficient (Wildman–Crippen LogP) is 0.653. The van der Waals surface area contributed by atoms with Crippen LogP contribution >= 0.6 is 12.6 Å². The van der Waals surface area contributed by atoms with Gasteiger partial charge in [0.1, 0.15) is 0 Å². The van der Waals surface area contributed by atoms with Crippen molar-refractivity contribution in [2.75, 3.05) is 20.0 Å². The summed E-state index contributed by atoms with van der Waals surface area (Å²) >= 11 is 3.68. The van der Waals surface area contributed by atoms with Gasteiger partial charge in [0.05, 0.1) is 6.42 Å². The largest absolute Gasteiger partial charge is 0.481 e. The minimum Gasteiger partial charge on any atom is -0.481 e. The van der Waals surface area contributed by atoms with Crippen molar-refractivity contribution in [1.82, 2.24) is 0 Å². The van der Waals surface area contributed by atoms with E-state index < -0.39 is 5.97 Å². The van der Waals surface area contributed by atoms with E-state index in [0.717, 1.165) is 0 Å². The van der Waals surface area contributed by atoms with Crippen molar-refractivity contribution in [3.63, 3.8) is 0 Å². The van der Waals surface area contributed by atoms with Crippen molar-refractivity contribution in [2.24, 2.45) is 0 Å². The van der Waals surface area contributed by atoms with Crippen molar-refractivity contribution in [3.8, 4) is 0 Å². The van der Waals surface area contributed by atoms with Crippen LogP contribution in [0.3, 0.4) is 0 Å². The summed E-state index contributed by atoms with van der Waals surface area (Å²) in [6.45, 7) is 0. The number of rotatable bonds is 2. The SMILES string of the molecule is COC.O=C(O)CCS. The number of carboxylic acids is 1. The van der Waals surface area contributed by atoms with Gasteiger partial charge in [-0.2, -0.15) is 12.6 Å². The standard InChI is InChI=1S/C3H6O2S.C2H6O/c4-3(5)1-2-6;1-3-2/h6H,1-2H2,(H,4,5);1-2H3. The van der Waals surface area contributed by atoms with Crippen LogP contribution in [0.1, 0.15) is 6.42 Å². The zero-order valence-electron chi connectivity index (χ0n) is 5.63. The molecule has 9 heavy (non-hydrogen) atoms. The lowest BCUT2D eigenvalue weighted by atomic mass is 10.5. The Kier molecular flexibility index (Phi) is 13.8. The van der Waals surface area contributed by atoms with E-state index in [1.54, 1.807) is 14.2 Å². The van der Waals surface area contributed by atoms with Crippen LogP contribution in [0.25, 0.3) is 0 Å². The van der Waals surface area contributed by atoms with Crippen molar-refractivity contribution < 1.29 is 14.6 Å². The maximum absolute atomic E-state index is 9.55. The average Bonchev–Trinajstić information content (AvgIpc) is 1.67. The first-order valence-corrected chi connectivity index (χ1v) is 3.05. The first-order chi connectivity index (χ1) is 4.18. The quantitative estimate of drug-likeness (QED) is 0.571. The van der Waals surface area contributed by atoms with Gasteiger partial charge >= 0.3 is 5.97 Å². The molecule has 0 radical (unpaired) electrons. The van der Waals surface area contributed by atoms with Gasteiger partial charge in [0.25, 0.3) is 0 Å². The zero-order valence-corrected chi connectivity index (χ0v) is 6.52. The number of thiol groups is 1. The molecule has 0 heterocycles. The highest BCUT2D eigenvalue weighted by Crippen LogP contribution is 1.79.